The van der Waals surface area contributed by atoms with E-state index in [0.717, 1.165) is 24.2 Å². The van der Waals surface area contributed by atoms with Crippen molar-refractivity contribution in [1.29, 1.82) is 0 Å². The van der Waals surface area contributed by atoms with Crippen LogP contribution in [0.5, 0.6) is 0 Å². The van der Waals surface area contributed by atoms with Crippen molar-refractivity contribution >= 4 is 34.2 Å². The van der Waals surface area contributed by atoms with Crippen molar-refractivity contribution in [3.63, 3.8) is 0 Å². The van der Waals surface area contributed by atoms with E-state index in [9.17, 15) is 9.59 Å². The Morgan fingerprint density at radius 1 is 1.23 bits per heavy atom. The lowest BCUT2D eigenvalue weighted by Gasteiger charge is -2.20. The number of amides is 2. The lowest BCUT2D eigenvalue weighted by molar-refractivity contribution is -0.117. The molecule has 3 aromatic rings. The minimum absolute atomic E-state index is 0.0873. The molecular weight excluding hydrogens is 330 g/mol. The molecule has 0 aliphatic carbocycles. The van der Waals surface area contributed by atoms with Gasteiger partial charge in [-0.2, -0.15) is 0 Å². The zero-order chi connectivity index (χ0) is 18.1. The van der Waals surface area contributed by atoms with Gasteiger partial charge in [0.2, 0.25) is 5.91 Å². The first-order valence-corrected chi connectivity index (χ1v) is 8.71. The van der Waals surface area contributed by atoms with Gasteiger partial charge in [-0.25, -0.2) is 4.68 Å². The van der Waals surface area contributed by atoms with E-state index in [0.29, 0.717) is 29.7 Å². The van der Waals surface area contributed by atoms with Gasteiger partial charge < -0.3 is 10.2 Å². The highest BCUT2D eigenvalue weighted by atomic mass is 16.2. The summed E-state index contributed by atoms with van der Waals surface area (Å²) in [6, 6.07) is 12.7. The number of anilines is 2. The van der Waals surface area contributed by atoms with Crippen molar-refractivity contribution in [2.24, 2.45) is 0 Å². The zero-order valence-corrected chi connectivity index (χ0v) is 14.5. The molecule has 1 saturated heterocycles. The molecular formula is C19H19N5O2. The van der Waals surface area contributed by atoms with E-state index < -0.39 is 0 Å². The lowest BCUT2D eigenvalue weighted by Crippen LogP contribution is -2.25. The smallest absolute Gasteiger partial charge is 0.255 e. The van der Waals surface area contributed by atoms with E-state index in [2.05, 4.69) is 15.6 Å². The minimum Gasteiger partial charge on any atom is -0.320 e. The highest BCUT2D eigenvalue weighted by Gasteiger charge is 2.24. The third kappa shape index (κ3) is 2.81. The van der Waals surface area contributed by atoms with Gasteiger partial charge in [-0.15, -0.1) is 5.10 Å². The van der Waals surface area contributed by atoms with Gasteiger partial charge in [-0.1, -0.05) is 17.3 Å². The van der Waals surface area contributed by atoms with Gasteiger partial charge in [-0.05, 0) is 43.7 Å². The molecule has 132 valence electrons. The summed E-state index contributed by atoms with van der Waals surface area (Å²) in [5, 5.41) is 11.1. The molecule has 26 heavy (non-hydrogen) atoms. The summed E-state index contributed by atoms with van der Waals surface area (Å²) in [6.45, 7) is 3.39. The Labute approximate surface area is 150 Å². The van der Waals surface area contributed by atoms with Crippen LogP contribution in [0.15, 0.2) is 42.5 Å². The van der Waals surface area contributed by atoms with Crippen molar-refractivity contribution in [2.75, 3.05) is 16.8 Å². The normalized spacial score (nSPS) is 14.2. The predicted octanol–water partition coefficient (Wildman–Crippen LogP) is 2.83. The summed E-state index contributed by atoms with van der Waals surface area (Å²) >= 11 is 0. The Hall–Kier alpha value is -3.22. The van der Waals surface area contributed by atoms with Gasteiger partial charge in [0.05, 0.1) is 16.9 Å². The first kappa shape index (κ1) is 16.3. The van der Waals surface area contributed by atoms with Crippen LogP contribution < -0.4 is 10.2 Å². The maximum absolute atomic E-state index is 12.7. The molecule has 2 heterocycles. The summed E-state index contributed by atoms with van der Waals surface area (Å²) in [4.78, 5) is 26.5. The molecule has 4 rings (SSSR count). The molecule has 2 aromatic carbocycles. The summed E-state index contributed by atoms with van der Waals surface area (Å²) in [5.74, 6) is -0.152. The highest BCUT2D eigenvalue weighted by Crippen LogP contribution is 2.29. The number of nitrogens with one attached hydrogen (secondary N) is 1. The van der Waals surface area contributed by atoms with Crippen LogP contribution in [0.2, 0.25) is 0 Å². The average molecular weight is 349 g/mol. The second-order valence-corrected chi connectivity index (χ2v) is 6.23. The summed E-state index contributed by atoms with van der Waals surface area (Å²) in [6.07, 6.45) is 1.39. The molecule has 1 fully saturated rings. The van der Waals surface area contributed by atoms with Gasteiger partial charge in [0.1, 0.15) is 5.52 Å². The third-order valence-electron chi connectivity index (χ3n) is 4.59. The second-order valence-electron chi connectivity index (χ2n) is 6.23. The first-order chi connectivity index (χ1) is 12.7. The fourth-order valence-corrected chi connectivity index (χ4v) is 3.26. The number of rotatable bonds is 4. The molecule has 0 radical (unpaired) electrons. The Morgan fingerprint density at radius 3 is 2.85 bits per heavy atom. The SMILES string of the molecule is CCn1nnc2cc(C(=O)Nc3ccccc3N3CCCC3=O)ccc21. The molecule has 1 aromatic heterocycles. The van der Waals surface area contributed by atoms with Crippen LogP contribution in [0, 0.1) is 0 Å². The number of carbonyl (C=O) groups is 2. The largest absolute Gasteiger partial charge is 0.320 e. The summed E-state index contributed by atoms with van der Waals surface area (Å²) in [7, 11) is 0. The molecule has 1 aliphatic rings. The maximum Gasteiger partial charge on any atom is 0.255 e. The fourth-order valence-electron chi connectivity index (χ4n) is 3.26. The van der Waals surface area contributed by atoms with Gasteiger partial charge >= 0.3 is 0 Å². The predicted molar refractivity (Wildman–Crippen MR) is 99.2 cm³/mol. The van der Waals surface area contributed by atoms with Crippen molar-refractivity contribution in [3.8, 4) is 0 Å². The van der Waals surface area contributed by atoms with Crippen LogP contribution >= 0.6 is 0 Å². The number of aromatic nitrogens is 3. The number of carbonyl (C=O) groups excluding carboxylic acids is 2. The first-order valence-electron chi connectivity index (χ1n) is 8.71. The number of hydrogen-bond donors (Lipinski definition) is 1. The van der Waals surface area contributed by atoms with Gasteiger partial charge in [0.15, 0.2) is 0 Å². The molecule has 0 bridgehead atoms. The van der Waals surface area contributed by atoms with Crippen molar-refractivity contribution < 1.29 is 9.59 Å². The van der Waals surface area contributed by atoms with Gasteiger partial charge in [0, 0.05) is 25.1 Å². The van der Waals surface area contributed by atoms with E-state index in [-0.39, 0.29) is 11.8 Å². The summed E-state index contributed by atoms with van der Waals surface area (Å²) < 4.78 is 1.78. The lowest BCUT2D eigenvalue weighted by atomic mass is 10.1. The second kappa shape index (κ2) is 6.59. The highest BCUT2D eigenvalue weighted by molar-refractivity contribution is 6.09. The van der Waals surface area contributed by atoms with Crippen LogP contribution in [-0.2, 0) is 11.3 Å². The molecule has 0 saturated carbocycles. The quantitative estimate of drug-likeness (QED) is 0.785. The Kier molecular flexibility index (Phi) is 4.12. The average Bonchev–Trinajstić information content (AvgIpc) is 3.27. The molecule has 1 N–H and O–H groups in total. The van der Waals surface area contributed by atoms with Crippen LogP contribution in [0.3, 0.4) is 0 Å². The van der Waals surface area contributed by atoms with Crippen LogP contribution in [-0.4, -0.2) is 33.4 Å². The molecule has 1 aliphatic heterocycles. The monoisotopic (exact) mass is 349 g/mol. The fraction of sp³-hybridized carbons (Fsp3) is 0.263. The maximum atomic E-state index is 12.7. The molecule has 0 atom stereocenters. The standard InChI is InChI=1S/C19H19N5O2/c1-2-24-17-10-9-13(12-15(17)21-22-24)19(26)20-14-6-3-4-7-16(14)23-11-5-8-18(23)25/h3-4,6-7,9-10,12H,2,5,8,11H2,1H3,(H,20,26). The van der Waals surface area contributed by atoms with E-state index >= 15 is 0 Å². The van der Waals surface area contributed by atoms with Gasteiger partial charge in [0.25, 0.3) is 5.91 Å². The summed E-state index contributed by atoms with van der Waals surface area (Å²) in [5.41, 5.74) is 3.45. The number of para-hydroxylation sites is 2. The Morgan fingerprint density at radius 2 is 2.08 bits per heavy atom. The van der Waals surface area contributed by atoms with E-state index in [1.54, 1.807) is 21.7 Å². The number of aryl methyl sites for hydroxylation is 1. The van der Waals surface area contributed by atoms with Crippen LogP contribution in [0.1, 0.15) is 30.1 Å². The van der Waals surface area contributed by atoms with Gasteiger partial charge in [-0.3, -0.25) is 9.59 Å². The van der Waals surface area contributed by atoms with Crippen LogP contribution in [0.4, 0.5) is 11.4 Å². The van der Waals surface area contributed by atoms with Crippen molar-refractivity contribution in [2.45, 2.75) is 26.3 Å². The minimum atomic E-state index is -0.239. The van der Waals surface area contributed by atoms with E-state index in [4.69, 9.17) is 0 Å². The number of fused-ring (bicyclic) bond motifs is 1. The van der Waals surface area contributed by atoms with Crippen molar-refractivity contribution in [1.82, 2.24) is 15.0 Å². The van der Waals surface area contributed by atoms with E-state index in [1.165, 1.54) is 0 Å². The Balaban J connectivity index is 1.62. The third-order valence-corrected chi connectivity index (χ3v) is 4.59. The topological polar surface area (TPSA) is 80.1 Å². The number of hydrogen-bond acceptors (Lipinski definition) is 4. The van der Waals surface area contributed by atoms with E-state index in [1.807, 2.05) is 37.3 Å². The Bertz CT molecular complexity index is 995. The number of benzene rings is 2. The van der Waals surface area contributed by atoms with Crippen molar-refractivity contribution in [3.05, 3.63) is 48.0 Å². The molecule has 0 unspecified atom stereocenters. The molecule has 2 amide bonds. The molecule has 7 nitrogen and oxygen atoms in total. The zero-order valence-electron chi connectivity index (χ0n) is 14.5. The molecule has 0 spiro atoms. The number of nitrogens with zero attached hydrogens (tertiary/aromatic N) is 4. The molecule has 7 heteroatoms. The van der Waals surface area contributed by atoms with Crippen LogP contribution in [0.25, 0.3) is 11.0 Å².